The Morgan fingerprint density at radius 3 is 2.35 bits per heavy atom. The Labute approximate surface area is 125 Å². The third-order valence-corrected chi connectivity index (χ3v) is 10.2. The molecule has 20 heavy (non-hydrogen) atoms. The highest BCUT2D eigenvalue weighted by Crippen LogP contribution is 2.45. The maximum absolute atomic E-state index is 11.0. The SMILES string of the molecule is C[C@H]1CC[C@@H](CO[Si](C)(C)C(C)(C)C)[C@@]1(O)CCCO. The molecule has 1 aliphatic rings. The first-order valence-corrected chi connectivity index (χ1v) is 10.9. The molecule has 0 aromatic carbocycles. The molecule has 0 spiro atoms. The first kappa shape index (κ1) is 18.1. The molecule has 0 unspecified atom stereocenters. The second kappa shape index (κ2) is 6.47. The molecule has 3 atom stereocenters. The van der Waals surface area contributed by atoms with Crippen LogP contribution in [0.2, 0.25) is 18.1 Å². The lowest BCUT2D eigenvalue weighted by Crippen LogP contribution is -2.46. The Morgan fingerprint density at radius 1 is 1.25 bits per heavy atom. The van der Waals surface area contributed by atoms with E-state index in [1.54, 1.807) is 0 Å². The first-order chi connectivity index (χ1) is 9.04. The van der Waals surface area contributed by atoms with Gasteiger partial charge in [0.25, 0.3) is 0 Å². The van der Waals surface area contributed by atoms with Gasteiger partial charge in [-0.2, -0.15) is 0 Å². The van der Waals surface area contributed by atoms with Gasteiger partial charge in [-0.1, -0.05) is 27.7 Å². The lowest BCUT2D eigenvalue weighted by Gasteiger charge is -2.40. The minimum atomic E-state index is -1.75. The molecular formula is C16H34O3Si. The fourth-order valence-corrected chi connectivity index (χ4v) is 3.97. The van der Waals surface area contributed by atoms with Gasteiger partial charge in [0.2, 0.25) is 0 Å². The predicted octanol–water partition coefficient (Wildman–Crippen LogP) is 3.56. The number of rotatable bonds is 6. The van der Waals surface area contributed by atoms with E-state index in [1.807, 2.05) is 0 Å². The first-order valence-electron chi connectivity index (χ1n) is 8.02. The molecule has 0 heterocycles. The van der Waals surface area contributed by atoms with Crippen LogP contribution < -0.4 is 0 Å². The van der Waals surface area contributed by atoms with Gasteiger partial charge in [0, 0.05) is 19.1 Å². The second-order valence-corrected chi connectivity index (χ2v) is 12.9. The number of hydrogen-bond donors (Lipinski definition) is 2. The molecule has 1 rings (SSSR count). The van der Waals surface area contributed by atoms with Crippen LogP contribution in [0.25, 0.3) is 0 Å². The third-order valence-electron chi connectivity index (χ3n) is 5.70. The van der Waals surface area contributed by atoms with E-state index < -0.39 is 13.9 Å². The molecule has 0 amide bonds. The van der Waals surface area contributed by atoms with Crippen LogP contribution >= 0.6 is 0 Å². The van der Waals surface area contributed by atoms with Gasteiger partial charge < -0.3 is 14.6 Å². The van der Waals surface area contributed by atoms with Gasteiger partial charge in [-0.3, -0.25) is 0 Å². The van der Waals surface area contributed by atoms with Crippen molar-refractivity contribution in [3.63, 3.8) is 0 Å². The number of aliphatic hydroxyl groups is 2. The predicted molar refractivity (Wildman–Crippen MR) is 86.3 cm³/mol. The number of aliphatic hydroxyl groups excluding tert-OH is 1. The topological polar surface area (TPSA) is 49.7 Å². The highest BCUT2D eigenvalue weighted by Gasteiger charge is 2.47. The van der Waals surface area contributed by atoms with Crippen LogP contribution in [0.15, 0.2) is 0 Å². The standard InChI is InChI=1S/C16H34O3Si/c1-13-8-9-14(16(13,18)10-7-11-17)12-19-20(5,6)15(2,3)4/h13-14,17-18H,7-12H2,1-6H3/t13-,14-,16+/m0/s1. The summed E-state index contributed by atoms with van der Waals surface area (Å²) in [5.74, 6) is 0.528. The van der Waals surface area contributed by atoms with Crippen LogP contribution in [0.5, 0.6) is 0 Å². The zero-order chi connectivity index (χ0) is 15.6. The van der Waals surface area contributed by atoms with Gasteiger partial charge in [0.15, 0.2) is 8.32 Å². The van der Waals surface area contributed by atoms with E-state index in [-0.39, 0.29) is 17.6 Å². The normalized spacial score (nSPS) is 31.8. The quantitative estimate of drug-likeness (QED) is 0.738. The maximum atomic E-state index is 11.0. The van der Waals surface area contributed by atoms with E-state index in [0.29, 0.717) is 25.4 Å². The van der Waals surface area contributed by atoms with Gasteiger partial charge in [-0.05, 0) is 49.7 Å². The van der Waals surface area contributed by atoms with E-state index in [9.17, 15) is 5.11 Å². The fraction of sp³-hybridized carbons (Fsp3) is 1.00. The Bertz CT molecular complexity index is 311. The Morgan fingerprint density at radius 2 is 1.85 bits per heavy atom. The Balaban J connectivity index is 2.67. The highest BCUT2D eigenvalue weighted by molar-refractivity contribution is 6.74. The fourth-order valence-electron chi connectivity index (χ4n) is 2.92. The molecule has 2 N–H and O–H groups in total. The Kier molecular flexibility index (Phi) is 5.87. The smallest absolute Gasteiger partial charge is 0.191 e. The van der Waals surface area contributed by atoms with Gasteiger partial charge in [-0.25, -0.2) is 0 Å². The molecule has 0 radical (unpaired) electrons. The van der Waals surface area contributed by atoms with E-state index in [0.717, 1.165) is 12.8 Å². The van der Waals surface area contributed by atoms with Gasteiger partial charge in [-0.15, -0.1) is 0 Å². The van der Waals surface area contributed by atoms with Crippen LogP contribution in [0.4, 0.5) is 0 Å². The molecule has 3 nitrogen and oxygen atoms in total. The Hall–Kier alpha value is 0.0969. The van der Waals surface area contributed by atoms with Crippen molar-refractivity contribution in [2.75, 3.05) is 13.2 Å². The van der Waals surface area contributed by atoms with E-state index in [1.165, 1.54) is 0 Å². The lowest BCUT2D eigenvalue weighted by atomic mass is 9.81. The van der Waals surface area contributed by atoms with Crippen molar-refractivity contribution in [2.45, 2.75) is 77.1 Å². The zero-order valence-electron chi connectivity index (χ0n) is 14.2. The monoisotopic (exact) mass is 302 g/mol. The summed E-state index contributed by atoms with van der Waals surface area (Å²) < 4.78 is 6.32. The maximum Gasteiger partial charge on any atom is 0.191 e. The molecule has 1 fully saturated rings. The van der Waals surface area contributed by atoms with Crippen molar-refractivity contribution < 1.29 is 14.6 Å². The molecule has 1 saturated carbocycles. The average Bonchev–Trinajstić information content (AvgIpc) is 2.60. The summed E-state index contributed by atoms with van der Waals surface area (Å²) in [6, 6.07) is 0. The molecular weight excluding hydrogens is 268 g/mol. The number of hydrogen-bond acceptors (Lipinski definition) is 3. The molecule has 0 bridgehead atoms. The third kappa shape index (κ3) is 3.84. The van der Waals surface area contributed by atoms with Crippen LogP contribution in [-0.4, -0.2) is 37.3 Å². The van der Waals surface area contributed by atoms with E-state index in [2.05, 4.69) is 40.8 Å². The molecule has 0 aliphatic heterocycles. The van der Waals surface area contributed by atoms with Gasteiger partial charge in [0.05, 0.1) is 5.60 Å². The molecule has 0 saturated heterocycles. The van der Waals surface area contributed by atoms with Crippen LogP contribution in [-0.2, 0) is 4.43 Å². The van der Waals surface area contributed by atoms with Gasteiger partial charge >= 0.3 is 0 Å². The van der Waals surface area contributed by atoms with Crippen molar-refractivity contribution in [1.29, 1.82) is 0 Å². The molecule has 4 heteroatoms. The summed E-state index contributed by atoms with van der Waals surface area (Å²) in [6.07, 6.45) is 3.47. The van der Waals surface area contributed by atoms with Crippen molar-refractivity contribution >= 4 is 8.32 Å². The summed E-state index contributed by atoms with van der Waals surface area (Å²) in [4.78, 5) is 0. The molecule has 120 valence electrons. The largest absolute Gasteiger partial charge is 0.416 e. The molecule has 0 aromatic heterocycles. The summed E-state index contributed by atoms with van der Waals surface area (Å²) in [6.45, 7) is 14.2. The van der Waals surface area contributed by atoms with E-state index >= 15 is 0 Å². The minimum absolute atomic E-state index is 0.158. The summed E-state index contributed by atoms with van der Waals surface area (Å²) in [5.41, 5.74) is -0.648. The molecule has 1 aliphatic carbocycles. The van der Waals surface area contributed by atoms with Crippen molar-refractivity contribution in [1.82, 2.24) is 0 Å². The van der Waals surface area contributed by atoms with Crippen LogP contribution in [0.1, 0.15) is 53.4 Å². The molecule has 0 aromatic rings. The van der Waals surface area contributed by atoms with Crippen molar-refractivity contribution in [2.24, 2.45) is 11.8 Å². The van der Waals surface area contributed by atoms with Crippen LogP contribution in [0.3, 0.4) is 0 Å². The summed E-state index contributed by atoms with van der Waals surface area (Å²) >= 11 is 0. The van der Waals surface area contributed by atoms with Crippen molar-refractivity contribution in [3.05, 3.63) is 0 Å². The zero-order valence-corrected chi connectivity index (χ0v) is 15.2. The summed E-state index contributed by atoms with van der Waals surface area (Å²) in [7, 11) is -1.75. The summed E-state index contributed by atoms with van der Waals surface area (Å²) in [5, 5.41) is 20.2. The van der Waals surface area contributed by atoms with Crippen LogP contribution in [0, 0.1) is 11.8 Å². The van der Waals surface area contributed by atoms with Gasteiger partial charge in [0.1, 0.15) is 0 Å². The second-order valence-electron chi connectivity index (χ2n) is 8.07. The van der Waals surface area contributed by atoms with Crippen molar-refractivity contribution in [3.8, 4) is 0 Å². The average molecular weight is 303 g/mol. The highest BCUT2D eigenvalue weighted by atomic mass is 28.4. The van der Waals surface area contributed by atoms with E-state index in [4.69, 9.17) is 9.53 Å². The lowest BCUT2D eigenvalue weighted by molar-refractivity contribution is -0.0558. The minimum Gasteiger partial charge on any atom is -0.416 e.